The third-order valence-corrected chi connectivity index (χ3v) is 2.62. The molecule has 0 aliphatic rings. The number of carbonyl (C=O) groups excluding carboxylic acids is 1. The summed E-state index contributed by atoms with van der Waals surface area (Å²) in [7, 11) is 0. The van der Waals surface area contributed by atoms with Gasteiger partial charge in [0.1, 0.15) is 11.4 Å². The fraction of sp³-hybridized carbons (Fsp3) is 0.417. The Hall–Kier alpha value is -1.50. The molecule has 0 aromatic heterocycles. The predicted octanol–water partition coefficient (Wildman–Crippen LogP) is -0.800. The lowest BCUT2D eigenvalue weighted by molar-refractivity contribution is -0.124. The first-order valence-electron chi connectivity index (χ1n) is 5.44. The van der Waals surface area contributed by atoms with Crippen LogP contribution in [0, 0.1) is 5.82 Å². The lowest BCUT2D eigenvalue weighted by Gasteiger charge is -2.28. The molecule has 100 valence electrons. The Balaban J connectivity index is 2.70. The predicted molar refractivity (Wildman–Crippen MR) is 62.2 cm³/mol. The van der Waals surface area contributed by atoms with Gasteiger partial charge in [-0.25, -0.2) is 4.39 Å². The second kappa shape index (κ2) is 6.44. The summed E-state index contributed by atoms with van der Waals surface area (Å²) in [5.74, 6) is -1.09. The Kier molecular flexibility index (Phi) is 5.21. The Morgan fingerprint density at radius 3 is 2.22 bits per heavy atom. The van der Waals surface area contributed by atoms with E-state index in [0.717, 1.165) is 0 Å². The molecule has 1 amide bonds. The number of benzene rings is 1. The summed E-state index contributed by atoms with van der Waals surface area (Å²) in [4.78, 5) is 11.6. The molecule has 1 aromatic rings. The van der Waals surface area contributed by atoms with E-state index >= 15 is 0 Å². The second-order valence-electron chi connectivity index (χ2n) is 4.07. The van der Waals surface area contributed by atoms with Crippen LogP contribution in [0.2, 0.25) is 0 Å². The molecule has 1 rings (SSSR count). The Morgan fingerprint density at radius 2 is 1.72 bits per heavy atom. The fourth-order valence-electron chi connectivity index (χ4n) is 1.42. The molecule has 18 heavy (non-hydrogen) atoms. The van der Waals surface area contributed by atoms with Gasteiger partial charge in [0.05, 0.1) is 26.2 Å². The number of amides is 1. The molecule has 0 bridgehead atoms. The number of carbonyl (C=O) groups is 1. The van der Waals surface area contributed by atoms with Gasteiger partial charge in [0.15, 0.2) is 0 Å². The molecule has 0 saturated carbocycles. The first kappa shape index (κ1) is 14.6. The number of halogens is 1. The average molecular weight is 257 g/mol. The van der Waals surface area contributed by atoms with E-state index < -0.39 is 37.1 Å². The molecule has 6 heteroatoms. The third kappa shape index (κ3) is 3.49. The Labute approximate surface area is 104 Å². The standard InChI is InChI=1S/C12H16FNO4/c13-10-4-2-1-3-9(10)5-11(18)14-12(6-15,7-16)8-17/h1-4,15-17H,5-8H2,(H,14,18). The van der Waals surface area contributed by atoms with Crippen LogP contribution in [0.4, 0.5) is 4.39 Å². The van der Waals surface area contributed by atoms with Gasteiger partial charge in [0, 0.05) is 0 Å². The first-order valence-corrected chi connectivity index (χ1v) is 5.44. The summed E-state index contributed by atoms with van der Waals surface area (Å²) in [6, 6.07) is 5.81. The largest absolute Gasteiger partial charge is 0.394 e. The summed E-state index contributed by atoms with van der Waals surface area (Å²) in [5.41, 5.74) is -1.28. The van der Waals surface area contributed by atoms with Crippen molar-refractivity contribution in [1.29, 1.82) is 0 Å². The van der Waals surface area contributed by atoms with Crippen molar-refractivity contribution >= 4 is 5.91 Å². The molecule has 0 unspecified atom stereocenters. The number of hydrogen-bond acceptors (Lipinski definition) is 4. The lowest BCUT2D eigenvalue weighted by Crippen LogP contribution is -2.57. The fourth-order valence-corrected chi connectivity index (χ4v) is 1.42. The van der Waals surface area contributed by atoms with Crippen molar-refractivity contribution in [2.24, 2.45) is 0 Å². The van der Waals surface area contributed by atoms with Gasteiger partial charge < -0.3 is 20.6 Å². The van der Waals surface area contributed by atoms with Crippen molar-refractivity contribution < 1.29 is 24.5 Å². The minimum absolute atomic E-state index is 0.206. The quantitative estimate of drug-likeness (QED) is 0.537. The number of rotatable bonds is 6. The van der Waals surface area contributed by atoms with Gasteiger partial charge in [0.2, 0.25) is 5.91 Å². The Bertz CT molecular complexity index is 399. The zero-order valence-corrected chi connectivity index (χ0v) is 9.77. The van der Waals surface area contributed by atoms with E-state index in [1.165, 1.54) is 18.2 Å². The summed E-state index contributed by atoms with van der Waals surface area (Å²) in [5, 5.41) is 29.4. The minimum Gasteiger partial charge on any atom is -0.394 e. The van der Waals surface area contributed by atoms with Gasteiger partial charge in [0.25, 0.3) is 0 Å². The normalized spacial score (nSPS) is 11.3. The van der Waals surface area contributed by atoms with Crippen LogP contribution in [0.3, 0.4) is 0 Å². The zero-order chi connectivity index (χ0) is 13.6. The van der Waals surface area contributed by atoms with Crippen LogP contribution in [-0.2, 0) is 11.2 Å². The van der Waals surface area contributed by atoms with Crippen LogP contribution in [0.5, 0.6) is 0 Å². The van der Waals surface area contributed by atoms with Crippen molar-refractivity contribution in [3.8, 4) is 0 Å². The van der Waals surface area contributed by atoms with Crippen molar-refractivity contribution in [2.75, 3.05) is 19.8 Å². The van der Waals surface area contributed by atoms with E-state index in [0.29, 0.717) is 0 Å². The molecule has 0 radical (unpaired) electrons. The highest BCUT2D eigenvalue weighted by molar-refractivity contribution is 5.79. The molecule has 1 aromatic carbocycles. The van der Waals surface area contributed by atoms with Gasteiger partial charge in [-0.3, -0.25) is 4.79 Å². The molecular weight excluding hydrogens is 241 g/mol. The molecule has 0 atom stereocenters. The maximum absolute atomic E-state index is 13.3. The highest BCUT2D eigenvalue weighted by Gasteiger charge is 2.29. The molecule has 0 aliphatic heterocycles. The maximum atomic E-state index is 13.3. The first-order chi connectivity index (χ1) is 8.56. The van der Waals surface area contributed by atoms with Crippen LogP contribution in [0.25, 0.3) is 0 Å². The summed E-state index contributed by atoms with van der Waals surface area (Å²) < 4.78 is 13.3. The molecule has 5 nitrogen and oxygen atoms in total. The molecule has 4 N–H and O–H groups in total. The van der Waals surface area contributed by atoms with E-state index in [1.807, 2.05) is 0 Å². The zero-order valence-electron chi connectivity index (χ0n) is 9.77. The monoisotopic (exact) mass is 257 g/mol. The molecule has 0 aliphatic carbocycles. The average Bonchev–Trinajstić information content (AvgIpc) is 2.39. The molecule has 0 spiro atoms. The number of hydrogen-bond donors (Lipinski definition) is 4. The number of aliphatic hydroxyl groups excluding tert-OH is 3. The van der Waals surface area contributed by atoms with Crippen LogP contribution in [-0.4, -0.2) is 46.6 Å². The van der Waals surface area contributed by atoms with Crippen LogP contribution in [0.1, 0.15) is 5.56 Å². The van der Waals surface area contributed by atoms with Gasteiger partial charge in [-0.2, -0.15) is 0 Å². The SMILES string of the molecule is O=C(Cc1ccccc1F)NC(CO)(CO)CO. The Morgan fingerprint density at radius 1 is 1.17 bits per heavy atom. The van der Waals surface area contributed by atoms with Gasteiger partial charge in [-0.15, -0.1) is 0 Å². The van der Waals surface area contributed by atoms with Crippen LogP contribution >= 0.6 is 0 Å². The van der Waals surface area contributed by atoms with Crippen LogP contribution in [0.15, 0.2) is 24.3 Å². The van der Waals surface area contributed by atoms with Gasteiger partial charge in [-0.1, -0.05) is 18.2 Å². The lowest BCUT2D eigenvalue weighted by atomic mass is 10.0. The smallest absolute Gasteiger partial charge is 0.225 e. The molecule has 0 heterocycles. The van der Waals surface area contributed by atoms with Crippen molar-refractivity contribution in [3.05, 3.63) is 35.6 Å². The van der Waals surface area contributed by atoms with E-state index in [4.69, 9.17) is 15.3 Å². The van der Waals surface area contributed by atoms with E-state index in [9.17, 15) is 9.18 Å². The van der Waals surface area contributed by atoms with Gasteiger partial charge in [-0.05, 0) is 11.6 Å². The minimum atomic E-state index is -1.48. The third-order valence-electron chi connectivity index (χ3n) is 2.62. The van der Waals surface area contributed by atoms with Crippen LogP contribution < -0.4 is 5.32 Å². The summed E-state index contributed by atoms with van der Waals surface area (Å²) in [6.07, 6.45) is -0.228. The summed E-state index contributed by atoms with van der Waals surface area (Å²) >= 11 is 0. The maximum Gasteiger partial charge on any atom is 0.225 e. The van der Waals surface area contributed by atoms with E-state index in [2.05, 4.69) is 5.32 Å². The highest BCUT2D eigenvalue weighted by atomic mass is 19.1. The molecular formula is C12H16FNO4. The van der Waals surface area contributed by atoms with Crippen molar-refractivity contribution in [3.63, 3.8) is 0 Å². The molecule has 0 saturated heterocycles. The summed E-state index contributed by atoms with van der Waals surface area (Å²) in [6.45, 7) is -1.82. The topological polar surface area (TPSA) is 89.8 Å². The van der Waals surface area contributed by atoms with Gasteiger partial charge >= 0.3 is 0 Å². The van der Waals surface area contributed by atoms with E-state index in [1.54, 1.807) is 6.07 Å². The second-order valence-corrected chi connectivity index (χ2v) is 4.07. The molecule has 0 fully saturated rings. The van der Waals surface area contributed by atoms with Crippen molar-refractivity contribution in [2.45, 2.75) is 12.0 Å². The highest BCUT2D eigenvalue weighted by Crippen LogP contribution is 2.08. The number of aliphatic hydroxyl groups is 3. The van der Waals surface area contributed by atoms with Crippen molar-refractivity contribution in [1.82, 2.24) is 5.32 Å². The van der Waals surface area contributed by atoms with E-state index in [-0.39, 0.29) is 12.0 Å². The number of nitrogens with one attached hydrogen (secondary N) is 1.